The molecule has 2 aromatic rings. The number of hydrogen-bond acceptors (Lipinski definition) is 2. The summed E-state index contributed by atoms with van der Waals surface area (Å²) in [6.45, 7) is 8.99. The standard InChI is InChI=1S/C20H31N5.HI/c1-5-18-7-9-19(10-8-18)11-13-23-20(21-4)22-12-6-14-25-17(3)15-16(2)24-25;/h7-10,15H,5-6,11-14H2,1-4H3,(H2,21,22,23);1H. The molecule has 0 unspecified atom stereocenters. The lowest BCUT2D eigenvalue weighted by atomic mass is 10.1. The summed E-state index contributed by atoms with van der Waals surface area (Å²) >= 11 is 0. The van der Waals surface area contributed by atoms with Gasteiger partial charge in [-0.1, -0.05) is 31.2 Å². The molecule has 0 amide bonds. The quantitative estimate of drug-likeness (QED) is 0.270. The first kappa shape index (κ1) is 22.5. The van der Waals surface area contributed by atoms with Gasteiger partial charge in [0.1, 0.15) is 0 Å². The molecule has 0 aliphatic rings. The van der Waals surface area contributed by atoms with E-state index in [0.29, 0.717) is 0 Å². The number of nitrogens with zero attached hydrogens (tertiary/aromatic N) is 3. The summed E-state index contributed by atoms with van der Waals surface area (Å²) in [4.78, 5) is 4.28. The predicted molar refractivity (Wildman–Crippen MR) is 121 cm³/mol. The van der Waals surface area contributed by atoms with Crippen LogP contribution in [0.3, 0.4) is 0 Å². The average Bonchev–Trinajstić information content (AvgIpc) is 2.95. The van der Waals surface area contributed by atoms with Crippen LogP contribution >= 0.6 is 24.0 Å². The lowest BCUT2D eigenvalue weighted by Gasteiger charge is -2.12. The molecule has 144 valence electrons. The number of aromatic nitrogens is 2. The van der Waals surface area contributed by atoms with Crippen LogP contribution in [0.5, 0.6) is 0 Å². The van der Waals surface area contributed by atoms with Crippen LogP contribution in [0.25, 0.3) is 0 Å². The topological polar surface area (TPSA) is 54.2 Å². The number of aryl methyl sites for hydroxylation is 4. The maximum absolute atomic E-state index is 4.49. The van der Waals surface area contributed by atoms with Gasteiger partial charge in [-0.3, -0.25) is 9.67 Å². The molecule has 6 heteroatoms. The minimum Gasteiger partial charge on any atom is -0.356 e. The molecular weight excluding hydrogens is 437 g/mol. The van der Waals surface area contributed by atoms with E-state index < -0.39 is 0 Å². The van der Waals surface area contributed by atoms with Gasteiger partial charge < -0.3 is 10.6 Å². The van der Waals surface area contributed by atoms with Crippen molar-refractivity contribution in [2.45, 2.75) is 46.6 Å². The number of rotatable bonds is 8. The van der Waals surface area contributed by atoms with Crippen molar-refractivity contribution >= 4 is 29.9 Å². The van der Waals surface area contributed by atoms with Gasteiger partial charge in [-0.2, -0.15) is 5.10 Å². The molecule has 2 rings (SSSR count). The van der Waals surface area contributed by atoms with Crippen molar-refractivity contribution in [2.24, 2.45) is 4.99 Å². The Morgan fingerprint density at radius 1 is 1.08 bits per heavy atom. The van der Waals surface area contributed by atoms with Crippen molar-refractivity contribution in [1.29, 1.82) is 0 Å². The van der Waals surface area contributed by atoms with Crippen molar-refractivity contribution in [1.82, 2.24) is 20.4 Å². The first-order valence-corrected chi connectivity index (χ1v) is 9.15. The van der Waals surface area contributed by atoms with E-state index in [4.69, 9.17) is 0 Å². The Bertz CT molecular complexity index is 676. The number of nitrogens with one attached hydrogen (secondary N) is 2. The highest BCUT2D eigenvalue weighted by Gasteiger charge is 2.01. The largest absolute Gasteiger partial charge is 0.356 e. The van der Waals surface area contributed by atoms with Crippen LogP contribution in [0, 0.1) is 13.8 Å². The van der Waals surface area contributed by atoms with E-state index in [2.05, 4.69) is 69.6 Å². The molecule has 0 bridgehead atoms. The monoisotopic (exact) mass is 469 g/mol. The second-order valence-electron chi connectivity index (χ2n) is 6.35. The third kappa shape index (κ3) is 7.35. The van der Waals surface area contributed by atoms with Crippen LogP contribution < -0.4 is 10.6 Å². The van der Waals surface area contributed by atoms with Gasteiger partial charge in [0, 0.05) is 32.4 Å². The van der Waals surface area contributed by atoms with Crippen LogP contribution in [0.2, 0.25) is 0 Å². The summed E-state index contributed by atoms with van der Waals surface area (Å²) in [5.41, 5.74) is 5.03. The Hall–Kier alpha value is -1.57. The van der Waals surface area contributed by atoms with Crippen LogP contribution in [0.1, 0.15) is 35.9 Å². The Morgan fingerprint density at radius 2 is 1.73 bits per heavy atom. The smallest absolute Gasteiger partial charge is 0.190 e. The highest BCUT2D eigenvalue weighted by atomic mass is 127. The van der Waals surface area contributed by atoms with E-state index in [9.17, 15) is 0 Å². The fourth-order valence-corrected chi connectivity index (χ4v) is 2.82. The molecule has 0 saturated carbocycles. The number of benzene rings is 1. The molecular formula is C20H32IN5. The Labute approximate surface area is 174 Å². The Balaban J connectivity index is 0.00000338. The minimum atomic E-state index is 0. The maximum atomic E-state index is 4.49. The second-order valence-corrected chi connectivity index (χ2v) is 6.35. The number of guanidine groups is 1. The summed E-state index contributed by atoms with van der Waals surface area (Å²) < 4.78 is 2.06. The fourth-order valence-electron chi connectivity index (χ4n) is 2.82. The second kappa shape index (κ2) is 11.9. The molecule has 1 aromatic heterocycles. The third-order valence-corrected chi connectivity index (χ3v) is 4.30. The van der Waals surface area contributed by atoms with E-state index in [-0.39, 0.29) is 24.0 Å². The van der Waals surface area contributed by atoms with Crippen molar-refractivity contribution in [3.05, 3.63) is 52.8 Å². The van der Waals surface area contributed by atoms with Crippen LogP contribution in [0.4, 0.5) is 0 Å². The molecule has 0 aliphatic carbocycles. The van der Waals surface area contributed by atoms with Crippen LogP contribution in [-0.2, 0) is 19.4 Å². The molecule has 2 N–H and O–H groups in total. The van der Waals surface area contributed by atoms with Gasteiger partial charge in [0.15, 0.2) is 5.96 Å². The Kier molecular flexibility index (Phi) is 10.3. The van der Waals surface area contributed by atoms with E-state index >= 15 is 0 Å². The zero-order valence-corrected chi connectivity index (χ0v) is 18.7. The van der Waals surface area contributed by atoms with Crippen LogP contribution in [-0.4, -0.2) is 35.9 Å². The van der Waals surface area contributed by atoms with Gasteiger partial charge in [0.2, 0.25) is 0 Å². The van der Waals surface area contributed by atoms with E-state index in [1.807, 2.05) is 14.0 Å². The SMILES string of the molecule is CCc1ccc(CCNC(=NC)NCCCn2nc(C)cc2C)cc1.I. The van der Waals surface area contributed by atoms with Crippen LogP contribution in [0.15, 0.2) is 35.3 Å². The number of aliphatic imine (C=N–C) groups is 1. The van der Waals surface area contributed by atoms with Gasteiger partial charge in [-0.25, -0.2) is 0 Å². The first-order chi connectivity index (χ1) is 12.1. The summed E-state index contributed by atoms with van der Waals surface area (Å²) in [6.07, 6.45) is 3.10. The molecule has 0 aliphatic heterocycles. The zero-order chi connectivity index (χ0) is 18.1. The van der Waals surface area contributed by atoms with Crippen molar-refractivity contribution in [3.8, 4) is 0 Å². The molecule has 0 spiro atoms. The van der Waals surface area contributed by atoms with E-state index in [1.165, 1.54) is 16.8 Å². The number of halogens is 1. The van der Waals surface area contributed by atoms with Crippen molar-refractivity contribution < 1.29 is 0 Å². The van der Waals surface area contributed by atoms with E-state index in [0.717, 1.165) is 50.6 Å². The predicted octanol–water partition coefficient (Wildman–Crippen LogP) is 3.48. The lowest BCUT2D eigenvalue weighted by Crippen LogP contribution is -2.39. The first-order valence-electron chi connectivity index (χ1n) is 9.15. The molecule has 1 heterocycles. The summed E-state index contributed by atoms with van der Waals surface area (Å²) in [7, 11) is 1.81. The lowest BCUT2D eigenvalue weighted by molar-refractivity contribution is 0.555. The maximum Gasteiger partial charge on any atom is 0.190 e. The van der Waals surface area contributed by atoms with Crippen molar-refractivity contribution in [2.75, 3.05) is 20.1 Å². The summed E-state index contributed by atoms with van der Waals surface area (Å²) in [6, 6.07) is 11.0. The fraction of sp³-hybridized carbons (Fsp3) is 0.500. The molecule has 0 fully saturated rings. The molecule has 0 radical (unpaired) electrons. The molecule has 1 aromatic carbocycles. The van der Waals surface area contributed by atoms with Gasteiger partial charge >= 0.3 is 0 Å². The van der Waals surface area contributed by atoms with Gasteiger partial charge in [0.25, 0.3) is 0 Å². The molecule has 0 atom stereocenters. The zero-order valence-electron chi connectivity index (χ0n) is 16.4. The average molecular weight is 469 g/mol. The van der Waals surface area contributed by atoms with Gasteiger partial charge in [-0.05, 0) is 50.3 Å². The number of hydrogen-bond donors (Lipinski definition) is 2. The van der Waals surface area contributed by atoms with E-state index in [1.54, 1.807) is 0 Å². The highest BCUT2D eigenvalue weighted by molar-refractivity contribution is 14.0. The summed E-state index contributed by atoms with van der Waals surface area (Å²) in [5.74, 6) is 0.860. The molecule has 26 heavy (non-hydrogen) atoms. The highest BCUT2D eigenvalue weighted by Crippen LogP contribution is 2.05. The summed E-state index contributed by atoms with van der Waals surface area (Å²) in [5, 5.41) is 11.2. The minimum absolute atomic E-state index is 0. The molecule has 0 saturated heterocycles. The van der Waals surface area contributed by atoms with Gasteiger partial charge in [0.05, 0.1) is 5.69 Å². The normalized spacial score (nSPS) is 11.2. The molecule has 5 nitrogen and oxygen atoms in total. The van der Waals surface area contributed by atoms with Gasteiger partial charge in [-0.15, -0.1) is 24.0 Å². The Morgan fingerprint density at radius 3 is 2.31 bits per heavy atom. The van der Waals surface area contributed by atoms with Crippen molar-refractivity contribution in [3.63, 3.8) is 0 Å². The third-order valence-electron chi connectivity index (χ3n) is 4.30.